The van der Waals surface area contributed by atoms with E-state index < -0.39 is 0 Å². The molecule has 0 spiro atoms. The Hall–Kier alpha value is -7.37. The van der Waals surface area contributed by atoms with E-state index in [-0.39, 0.29) is 0 Å². The van der Waals surface area contributed by atoms with Crippen LogP contribution in [0.2, 0.25) is 0 Å². The van der Waals surface area contributed by atoms with Gasteiger partial charge >= 0.3 is 0 Å². The Morgan fingerprint density at radius 2 is 1.33 bits per heavy atom. The first-order valence-electron chi connectivity index (χ1n) is 19.8. The summed E-state index contributed by atoms with van der Waals surface area (Å²) in [5, 5.41) is 6.66. The van der Waals surface area contributed by atoms with E-state index in [1.54, 1.807) is 0 Å². The van der Waals surface area contributed by atoms with E-state index in [0.29, 0.717) is 29.8 Å². The molecule has 0 radical (unpaired) electrons. The van der Waals surface area contributed by atoms with Crippen LogP contribution in [0.4, 0.5) is 0 Å². The van der Waals surface area contributed by atoms with Gasteiger partial charge in [0, 0.05) is 38.6 Å². The second-order valence-corrected chi connectivity index (χ2v) is 15.2. The molecule has 5 heteroatoms. The summed E-state index contributed by atoms with van der Waals surface area (Å²) in [5.41, 5.74) is 9.55. The summed E-state index contributed by atoms with van der Waals surface area (Å²) < 4.78 is 13.3. The van der Waals surface area contributed by atoms with Crippen molar-refractivity contribution < 1.29 is 8.83 Å². The summed E-state index contributed by atoms with van der Waals surface area (Å²) in [5.74, 6) is 3.81. The summed E-state index contributed by atoms with van der Waals surface area (Å²) >= 11 is 0. The molecule has 3 heterocycles. The van der Waals surface area contributed by atoms with Crippen molar-refractivity contribution in [2.24, 2.45) is 0 Å². The molecule has 9 aromatic rings. The molecule has 0 fully saturated rings. The van der Waals surface area contributed by atoms with Gasteiger partial charge < -0.3 is 8.83 Å². The van der Waals surface area contributed by atoms with E-state index >= 15 is 0 Å². The largest absolute Gasteiger partial charge is 0.456 e. The van der Waals surface area contributed by atoms with Crippen LogP contribution in [-0.2, 0) is 0 Å². The standard InChI is InChI=1S/C53H37N3O2/c1-32-14-5-3-8-19-37(30-46-49(32)48-33(2)15-13-23-45(48)58-46)39-29-43(50-41-21-11-12-22-44(41)57-47(50)31-39)53-55-51(36-17-6-4-7-18-36)54-52(56-53)38-27-26-35-25-24-34-16-9-10-20-40(34)42(35)28-38/h3-14,16-18,20-31,33H,1,15,19H2,2H3/b8-3-,14-5-,37-30+. The molecule has 2 aliphatic carbocycles. The molecule has 6 aromatic carbocycles. The lowest BCUT2D eigenvalue weighted by atomic mass is 9.86. The van der Waals surface area contributed by atoms with Crippen molar-refractivity contribution in [3.05, 3.63) is 186 Å². The molecule has 0 N–H and O–H groups in total. The molecule has 5 nitrogen and oxygen atoms in total. The maximum atomic E-state index is 6.66. The number of hydrogen-bond acceptors (Lipinski definition) is 5. The summed E-state index contributed by atoms with van der Waals surface area (Å²) in [6.45, 7) is 6.74. The van der Waals surface area contributed by atoms with Crippen LogP contribution >= 0.6 is 0 Å². The fraction of sp³-hybridized carbons (Fsp3) is 0.0755. The van der Waals surface area contributed by atoms with Crippen LogP contribution in [0.25, 0.3) is 101 Å². The van der Waals surface area contributed by atoms with Crippen LogP contribution < -0.4 is 0 Å². The first kappa shape index (κ1) is 33.9. The van der Waals surface area contributed by atoms with E-state index in [4.69, 9.17) is 23.8 Å². The number of allylic oxidation sites excluding steroid dienone is 7. The summed E-state index contributed by atoms with van der Waals surface area (Å²) in [7, 11) is 0. The predicted molar refractivity (Wildman–Crippen MR) is 239 cm³/mol. The van der Waals surface area contributed by atoms with Crippen molar-refractivity contribution >= 4 is 66.8 Å². The van der Waals surface area contributed by atoms with Crippen molar-refractivity contribution in [2.45, 2.75) is 25.7 Å². The number of benzene rings is 6. The Morgan fingerprint density at radius 1 is 0.586 bits per heavy atom. The number of para-hydroxylation sites is 1. The van der Waals surface area contributed by atoms with E-state index in [0.717, 1.165) is 89.6 Å². The topological polar surface area (TPSA) is 65.0 Å². The molecular weight excluding hydrogens is 711 g/mol. The fourth-order valence-electron chi connectivity index (χ4n) is 8.67. The highest BCUT2D eigenvalue weighted by Crippen LogP contribution is 2.44. The third-order valence-electron chi connectivity index (χ3n) is 11.5. The lowest BCUT2D eigenvalue weighted by Crippen LogP contribution is -2.01. The lowest BCUT2D eigenvalue weighted by molar-refractivity contribution is 0.536. The monoisotopic (exact) mass is 747 g/mol. The Labute approximate surface area is 335 Å². The SMILES string of the molecule is C=C1/C=C\C=C/C/C(c2cc(-c3nc(-c4ccccc4)nc(-c4ccc5ccc6ccccc6c5c4)n3)c3c(c2)oc2ccccc23)=C\c2oc3c(c21)C(C)CC=C3. The number of fused-ring (bicyclic) bond motifs is 9. The molecule has 0 bridgehead atoms. The maximum Gasteiger partial charge on any atom is 0.164 e. The second-order valence-electron chi connectivity index (χ2n) is 15.2. The summed E-state index contributed by atoms with van der Waals surface area (Å²) in [4.78, 5) is 15.7. The number of hydrogen-bond donors (Lipinski definition) is 0. The molecule has 2 aliphatic rings. The molecule has 0 saturated carbocycles. The van der Waals surface area contributed by atoms with Crippen LogP contribution in [0.1, 0.15) is 53.9 Å². The highest BCUT2D eigenvalue weighted by atomic mass is 16.3. The average Bonchev–Trinajstić information content (AvgIpc) is 3.84. The molecule has 1 unspecified atom stereocenters. The van der Waals surface area contributed by atoms with Gasteiger partial charge in [-0.3, -0.25) is 0 Å². The average molecular weight is 748 g/mol. The molecule has 0 aliphatic heterocycles. The van der Waals surface area contributed by atoms with E-state index in [1.807, 2.05) is 48.5 Å². The zero-order valence-electron chi connectivity index (χ0n) is 31.9. The van der Waals surface area contributed by atoms with Crippen molar-refractivity contribution in [2.75, 3.05) is 0 Å². The van der Waals surface area contributed by atoms with Gasteiger partial charge in [0.2, 0.25) is 0 Å². The predicted octanol–water partition coefficient (Wildman–Crippen LogP) is 14.3. The van der Waals surface area contributed by atoms with Gasteiger partial charge in [-0.1, -0.05) is 141 Å². The van der Waals surface area contributed by atoms with Gasteiger partial charge in [-0.05, 0) is 93.4 Å². The minimum atomic E-state index is 0.324. The van der Waals surface area contributed by atoms with Gasteiger partial charge in [0.05, 0.1) is 0 Å². The zero-order valence-corrected chi connectivity index (χ0v) is 31.9. The van der Waals surface area contributed by atoms with Gasteiger partial charge in [-0.15, -0.1) is 0 Å². The molecule has 0 saturated heterocycles. The Balaban J connectivity index is 1.17. The summed E-state index contributed by atoms with van der Waals surface area (Å²) in [6.07, 6.45) is 16.5. The minimum Gasteiger partial charge on any atom is -0.456 e. The van der Waals surface area contributed by atoms with Crippen LogP contribution in [0.5, 0.6) is 0 Å². The Bertz CT molecular complexity index is 3270. The van der Waals surface area contributed by atoms with E-state index in [2.05, 4.69) is 129 Å². The first-order chi connectivity index (χ1) is 28.6. The van der Waals surface area contributed by atoms with Gasteiger partial charge in [0.25, 0.3) is 0 Å². The normalized spacial score (nSPS) is 17.3. The van der Waals surface area contributed by atoms with Crippen molar-refractivity contribution in [1.29, 1.82) is 0 Å². The number of rotatable bonds is 4. The fourth-order valence-corrected chi connectivity index (χ4v) is 8.67. The maximum absolute atomic E-state index is 6.66. The number of furan rings is 2. The molecule has 276 valence electrons. The van der Waals surface area contributed by atoms with Crippen molar-refractivity contribution in [1.82, 2.24) is 15.0 Å². The smallest absolute Gasteiger partial charge is 0.164 e. The van der Waals surface area contributed by atoms with Gasteiger partial charge in [0.15, 0.2) is 17.5 Å². The number of nitrogens with zero attached hydrogens (tertiary/aromatic N) is 3. The molecule has 11 rings (SSSR count). The van der Waals surface area contributed by atoms with Crippen LogP contribution in [0.15, 0.2) is 167 Å². The van der Waals surface area contributed by atoms with Gasteiger partial charge in [-0.2, -0.15) is 0 Å². The van der Waals surface area contributed by atoms with Crippen LogP contribution in [0.3, 0.4) is 0 Å². The van der Waals surface area contributed by atoms with E-state index in [9.17, 15) is 0 Å². The van der Waals surface area contributed by atoms with Crippen LogP contribution in [-0.4, -0.2) is 15.0 Å². The highest BCUT2D eigenvalue weighted by Gasteiger charge is 2.26. The Kier molecular flexibility index (Phi) is 8.00. The quantitative estimate of drug-likeness (QED) is 0.168. The molecule has 58 heavy (non-hydrogen) atoms. The number of aromatic nitrogens is 3. The van der Waals surface area contributed by atoms with Crippen molar-refractivity contribution in [3.63, 3.8) is 0 Å². The molecule has 1 atom stereocenters. The third-order valence-corrected chi connectivity index (χ3v) is 11.5. The molecule has 0 amide bonds. The van der Waals surface area contributed by atoms with E-state index in [1.165, 1.54) is 16.3 Å². The second kappa shape index (κ2) is 13.7. The minimum absolute atomic E-state index is 0.324. The Morgan fingerprint density at radius 3 is 2.21 bits per heavy atom. The molecular formula is C53H37N3O2. The first-order valence-corrected chi connectivity index (χ1v) is 19.8. The lowest BCUT2D eigenvalue weighted by Gasteiger charge is -2.15. The van der Waals surface area contributed by atoms with Crippen molar-refractivity contribution in [3.8, 4) is 34.2 Å². The third kappa shape index (κ3) is 5.74. The molecule has 3 aromatic heterocycles. The summed E-state index contributed by atoms with van der Waals surface area (Å²) in [6, 6.07) is 42.0. The van der Waals surface area contributed by atoms with Crippen LogP contribution in [0, 0.1) is 0 Å². The zero-order chi connectivity index (χ0) is 38.7. The van der Waals surface area contributed by atoms with Gasteiger partial charge in [-0.25, -0.2) is 15.0 Å². The highest BCUT2D eigenvalue weighted by molar-refractivity contribution is 6.13. The van der Waals surface area contributed by atoms with Gasteiger partial charge in [0.1, 0.15) is 22.7 Å².